The molecule has 0 aliphatic carbocycles. The van der Waals surface area contributed by atoms with Gasteiger partial charge >= 0.3 is 0 Å². The van der Waals surface area contributed by atoms with Gasteiger partial charge in [0.05, 0.1) is 12.1 Å². The minimum atomic E-state index is 0.599. The van der Waals surface area contributed by atoms with Gasteiger partial charge < -0.3 is 10.5 Å². The molecule has 0 saturated carbocycles. The second-order valence-electron chi connectivity index (χ2n) is 5.12. The first-order chi connectivity index (χ1) is 9.22. The summed E-state index contributed by atoms with van der Waals surface area (Å²) >= 11 is 0. The number of fused-ring (bicyclic) bond motifs is 1. The molecular weight excluding hydrogens is 236 g/mol. The molecule has 0 saturated heterocycles. The Morgan fingerprint density at radius 2 is 2.16 bits per heavy atom. The van der Waals surface area contributed by atoms with Crippen molar-refractivity contribution in [2.75, 3.05) is 12.3 Å². The molecule has 0 amide bonds. The third-order valence-corrected chi connectivity index (χ3v) is 3.33. The summed E-state index contributed by atoms with van der Waals surface area (Å²) in [6.07, 6.45) is 4.21. The average Bonchev–Trinajstić information content (AvgIpc) is 2.42. The van der Waals surface area contributed by atoms with E-state index in [9.17, 15) is 0 Å². The predicted octanol–water partition coefficient (Wildman–Crippen LogP) is 3.77. The van der Waals surface area contributed by atoms with Gasteiger partial charge in [0.1, 0.15) is 0 Å². The molecule has 0 aliphatic heterocycles. The molecule has 2 N–H and O–H groups in total. The van der Waals surface area contributed by atoms with Gasteiger partial charge in [0.25, 0.3) is 0 Å². The highest BCUT2D eigenvalue weighted by Gasteiger charge is 2.06. The van der Waals surface area contributed by atoms with Gasteiger partial charge in [-0.05, 0) is 30.5 Å². The first kappa shape index (κ1) is 13.8. The van der Waals surface area contributed by atoms with Gasteiger partial charge in [0.2, 0.25) is 0 Å². The summed E-state index contributed by atoms with van der Waals surface area (Å²) in [6, 6.07) is 7.85. The lowest BCUT2D eigenvalue weighted by Crippen LogP contribution is -2.06. The van der Waals surface area contributed by atoms with Gasteiger partial charge in [-0.15, -0.1) is 0 Å². The number of nitrogens with zero attached hydrogens (tertiary/aromatic N) is 1. The minimum absolute atomic E-state index is 0.599. The number of nitrogen functional groups attached to an aromatic ring is 1. The molecule has 19 heavy (non-hydrogen) atoms. The molecule has 1 heterocycles. The maximum absolute atomic E-state index is 5.96. The molecule has 1 atom stereocenters. The molecule has 0 fully saturated rings. The van der Waals surface area contributed by atoms with Gasteiger partial charge in [-0.25, -0.2) is 0 Å². The van der Waals surface area contributed by atoms with Crippen molar-refractivity contribution in [1.82, 2.24) is 4.98 Å². The van der Waals surface area contributed by atoms with Crippen molar-refractivity contribution in [1.29, 1.82) is 0 Å². The van der Waals surface area contributed by atoms with Crippen molar-refractivity contribution in [2.24, 2.45) is 5.92 Å². The fourth-order valence-corrected chi connectivity index (χ4v) is 2.32. The van der Waals surface area contributed by atoms with E-state index in [1.807, 2.05) is 24.3 Å². The Bertz CT molecular complexity index is 539. The Morgan fingerprint density at radius 3 is 2.95 bits per heavy atom. The van der Waals surface area contributed by atoms with Crippen LogP contribution in [-0.4, -0.2) is 11.6 Å². The van der Waals surface area contributed by atoms with Crippen LogP contribution in [0.25, 0.3) is 10.9 Å². The van der Waals surface area contributed by atoms with E-state index in [0.717, 1.165) is 28.8 Å². The third kappa shape index (κ3) is 3.44. The van der Waals surface area contributed by atoms with Gasteiger partial charge in [-0.1, -0.05) is 26.3 Å². The van der Waals surface area contributed by atoms with Gasteiger partial charge in [0, 0.05) is 29.4 Å². The molecule has 1 aromatic carbocycles. The van der Waals surface area contributed by atoms with E-state index in [4.69, 9.17) is 10.5 Å². The molecule has 3 nitrogen and oxygen atoms in total. The molecule has 1 unspecified atom stereocenters. The van der Waals surface area contributed by atoms with E-state index in [1.54, 1.807) is 6.20 Å². The molecule has 102 valence electrons. The van der Waals surface area contributed by atoms with Gasteiger partial charge in [0.15, 0.2) is 0 Å². The largest absolute Gasteiger partial charge is 0.398 e. The lowest BCUT2D eigenvalue weighted by Gasteiger charge is -2.12. The molecule has 1 aromatic heterocycles. The first-order valence-corrected chi connectivity index (χ1v) is 6.92. The molecule has 0 spiro atoms. The lowest BCUT2D eigenvalue weighted by molar-refractivity contribution is 0.0900. The van der Waals surface area contributed by atoms with Crippen molar-refractivity contribution in [3.05, 3.63) is 36.0 Å². The van der Waals surface area contributed by atoms with Crippen LogP contribution < -0.4 is 5.73 Å². The Balaban J connectivity index is 2.07. The lowest BCUT2D eigenvalue weighted by atomic mass is 10.1. The number of ether oxygens (including phenoxy) is 1. The second kappa shape index (κ2) is 6.53. The summed E-state index contributed by atoms with van der Waals surface area (Å²) < 4.78 is 5.80. The summed E-state index contributed by atoms with van der Waals surface area (Å²) in [4.78, 5) is 4.42. The molecule has 3 heteroatoms. The van der Waals surface area contributed by atoms with E-state index in [-0.39, 0.29) is 0 Å². The van der Waals surface area contributed by atoms with Crippen LogP contribution in [0.2, 0.25) is 0 Å². The number of hydrogen-bond donors (Lipinski definition) is 1. The van der Waals surface area contributed by atoms with Crippen LogP contribution in [0.5, 0.6) is 0 Å². The van der Waals surface area contributed by atoms with Crippen molar-refractivity contribution in [3.63, 3.8) is 0 Å². The van der Waals surface area contributed by atoms with E-state index in [2.05, 4.69) is 18.8 Å². The quantitative estimate of drug-likeness (QED) is 0.802. The number of pyridine rings is 1. The second-order valence-corrected chi connectivity index (χ2v) is 5.12. The van der Waals surface area contributed by atoms with E-state index in [1.165, 1.54) is 12.8 Å². The molecule has 0 aliphatic rings. The molecule has 0 radical (unpaired) electrons. The standard InChI is InChI=1S/C16H22N2O/c1-3-5-12(2)10-19-11-13-7-8-15(17)14-6-4-9-18-16(13)14/h4,6-9,12H,3,5,10-11,17H2,1-2H3. The van der Waals surface area contributed by atoms with E-state index < -0.39 is 0 Å². The van der Waals surface area contributed by atoms with Crippen LogP contribution in [0.15, 0.2) is 30.5 Å². The zero-order valence-corrected chi connectivity index (χ0v) is 11.7. The highest BCUT2D eigenvalue weighted by molar-refractivity contribution is 5.92. The molecule has 0 bridgehead atoms. The van der Waals surface area contributed by atoms with Gasteiger partial charge in [-0.3, -0.25) is 4.98 Å². The number of rotatable bonds is 6. The molecule has 2 rings (SSSR count). The summed E-state index contributed by atoms with van der Waals surface area (Å²) in [5, 5.41) is 1.00. The highest BCUT2D eigenvalue weighted by Crippen LogP contribution is 2.23. The van der Waals surface area contributed by atoms with Crippen molar-refractivity contribution in [3.8, 4) is 0 Å². The zero-order chi connectivity index (χ0) is 13.7. The third-order valence-electron chi connectivity index (χ3n) is 3.33. The smallest absolute Gasteiger partial charge is 0.0777 e. The summed E-state index contributed by atoms with van der Waals surface area (Å²) in [7, 11) is 0. The number of nitrogens with two attached hydrogens (primary N) is 1. The maximum Gasteiger partial charge on any atom is 0.0777 e. The van der Waals surface area contributed by atoms with Crippen LogP contribution >= 0.6 is 0 Å². The Morgan fingerprint density at radius 1 is 1.32 bits per heavy atom. The predicted molar refractivity (Wildman–Crippen MR) is 79.9 cm³/mol. The number of benzene rings is 1. The Labute approximate surface area is 114 Å². The maximum atomic E-state index is 5.96. The van der Waals surface area contributed by atoms with Crippen LogP contribution in [0.1, 0.15) is 32.3 Å². The average molecular weight is 258 g/mol. The van der Waals surface area contributed by atoms with Crippen molar-refractivity contribution >= 4 is 16.6 Å². The Hall–Kier alpha value is -1.61. The fourth-order valence-electron chi connectivity index (χ4n) is 2.32. The van der Waals surface area contributed by atoms with Crippen molar-refractivity contribution < 1.29 is 4.74 Å². The zero-order valence-electron chi connectivity index (χ0n) is 11.7. The van der Waals surface area contributed by atoms with Crippen LogP contribution in [0.3, 0.4) is 0 Å². The SMILES string of the molecule is CCCC(C)COCc1ccc(N)c2cccnc12. The first-order valence-electron chi connectivity index (χ1n) is 6.92. The van der Waals surface area contributed by atoms with Crippen LogP contribution in [0, 0.1) is 5.92 Å². The van der Waals surface area contributed by atoms with E-state index >= 15 is 0 Å². The fraction of sp³-hybridized carbons (Fsp3) is 0.438. The summed E-state index contributed by atoms with van der Waals surface area (Å²) in [5.74, 6) is 0.609. The normalized spacial score (nSPS) is 12.7. The van der Waals surface area contributed by atoms with Crippen molar-refractivity contribution in [2.45, 2.75) is 33.3 Å². The van der Waals surface area contributed by atoms with Crippen LogP contribution in [-0.2, 0) is 11.3 Å². The molecular formula is C16H22N2O. The van der Waals surface area contributed by atoms with Crippen LogP contribution in [0.4, 0.5) is 5.69 Å². The highest BCUT2D eigenvalue weighted by atomic mass is 16.5. The Kier molecular flexibility index (Phi) is 4.74. The summed E-state index contributed by atoms with van der Waals surface area (Å²) in [6.45, 7) is 5.82. The number of hydrogen-bond acceptors (Lipinski definition) is 3. The topological polar surface area (TPSA) is 48.1 Å². The number of anilines is 1. The number of aromatic nitrogens is 1. The van der Waals surface area contributed by atoms with Gasteiger partial charge in [-0.2, -0.15) is 0 Å². The monoisotopic (exact) mass is 258 g/mol. The minimum Gasteiger partial charge on any atom is -0.398 e. The molecule has 2 aromatic rings. The summed E-state index contributed by atoms with van der Waals surface area (Å²) in [5.41, 5.74) is 8.79. The van der Waals surface area contributed by atoms with E-state index in [0.29, 0.717) is 12.5 Å².